The van der Waals surface area contributed by atoms with Crippen molar-refractivity contribution < 1.29 is 9.53 Å². The lowest BCUT2D eigenvalue weighted by Crippen LogP contribution is -2.54. The molecule has 1 fully saturated rings. The van der Waals surface area contributed by atoms with Gasteiger partial charge in [0.05, 0.1) is 30.4 Å². The van der Waals surface area contributed by atoms with Crippen LogP contribution in [0.2, 0.25) is 0 Å². The molecule has 0 aliphatic carbocycles. The SMILES string of the molecule is CCNC(=NCc1csc(CC)n1)N1CCN(CC(=O)NCCOC)CC1.I. The molecule has 1 saturated heterocycles. The monoisotopic (exact) mass is 524 g/mol. The Morgan fingerprint density at radius 3 is 2.64 bits per heavy atom. The van der Waals surface area contributed by atoms with Crippen LogP contribution in [-0.2, 0) is 22.5 Å². The predicted molar refractivity (Wildman–Crippen MR) is 125 cm³/mol. The molecule has 1 aliphatic rings. The summed E-state index contributed by atoms with van der Waals surface area (Å²) in [5, 5.41) is 9.49. The molecule has 1 aromatic heterocycles. The molecule has 0 radical (unpaired) electrons. The highest BCUT2D eigenvalue weighted by Gasteiger charge is 2.21. The van der Waals surface area contributed by atoms with Gasteiger partial charge in [0.1, 0.15) is 0 Å². The summed E-state index contributed by atoms with van der Waals surface area (Å²) in [7, 11) is 1.63. The third-order valence-electron chi connectivity index (χ3n) is 4.29. The smallest absolute Gasteiger partial charge is 0.234 e. The first kappa shape index (κ1) is 25.1. The number of methoxy groups -OCH3 is 1. The fourth-order valence-electron chi connectivity index (χ4n) is 2.83. The zero-order chi connectivity index (χ0) is 19.5. The molecule has 1 amide bonds. The first-order chi connectivity index (χ1) is 13.2. The van der Waals surface area contributed by atoms with Crippen molar-refractivity contribution in [1.29, 1.82) is 0 Å². The summed E-state index contributed by atoms with van der Waals surface area (Å²) >= 11 is 1.70. The molecule has 0 atom stereocenters. The molecule has 10 heteroatoms. The molecule has 0 bridgehead atoms. The predicted octanol–water partition coefficient (Wildman–Crippen LogP) is 1.17. The van der Waals surface area contributed by atoms with E-state index >= 15 is 0 Å². The number of nitrogens with one attached hydrogen (secondary N) is 2. The van der Waals surface area contributed by atoms with E-state index in [2.05, 4.69) is 44.6 Å². The average Bonchev–Trinajstić information content (AvgIpc) is 3.14. The molecule has 28 heavy (non-hydrogen) atoms. The largest absolute Gasteiger partial charge is 0.383 e. The number of thiazole rings is 1. The Hall–Kier alpha value is -0.980. The maximum atomic E-state index is 11.9. The molecular formula is C18H33IN6O2S. The van der Waals surface area contributed by atoms with Crippen LogP contribution in [0.5, 0.6) is 0 Å². The van der Waals surface area contributed by atoms with Crippen molar-refractivity contribution in [3.8, 4) is 0 Å². The first-order valence-electron chi connectivity index (χ1n) is 9.60. The third-order valence-corrected chi connectivity index (χ3v) is 5.34. The molecule has 1 aromatic rings. The highest BCUT2D eigenvalue weighted by molar-refractivity contribution is 14.0. The van der Waals surface area contributed by atoms with Gasteiger partial charge in [-0.05, 0) is 13.3 Å². The van der Waals surface area contributed by atoms with Crippen LogP contribution in [0.4, 0.5) is 0 Å². The number of aromatic nitrogens is 1. The van der Waals surface area contributed by atoms with Crippen LogP contribution in [0.15, 0.2) is 10.4 Å². The van der Waals surface area contributed by atoms with Crippen LogP contribution in [-0.4, -0.2) is 86.2 Å². The number of halogens is 1. The van der Waals surface area contributed by atoms with Gasteiger partial charge in [0.15, 0.2) is 5.96 Å². The number of nitrogens with zero attached hydrogens (tertiary/aromatic N) is 4. The quantitative estimate of drug-likeness (QED) is 0.219. The standard InChI is InChI=1S/C18H32N6O2S.HI/c1-4-17-22-15(14-27-17)12-21-18(19-5-2)24-9-7-23(8-10-24)13-16(25)20-6-11-26-3;/h14H,4-13H2,1-3H3,(H,19,21)(H,20,25);1H. The molecule has 0 aromatic carbocycles. The van der Waals surface area contributed by atoms with Crippen molar-refractivity contribution in [2.75, 3.05) is 59.5 Å². The lowest BCUT2D eigenvalue weighted by molar-refractivity contribution is -0.122. The van der Waals surface area contributed by atoms with E-state index in [1.807, 2.05) is 0 Å². The number of amides is 1. The van der Waals surface area contributed by atoms with E-state index in [9.17, 15) is 4.79 Å². The van der Waals surface area contributed by atoms with Crippen molar-refractivity contribution in [1.82, 2.24) is 25.4 Å². The van der Waals surface area contributed by atoms with E-state index < -0.39 is 0 Å². The van der Waals surface area contributed by atoms with Crippen LogP contribution in [0.1, 0.15) is 24.5 Å². The Morgan fingerprint density at radius 2 is 2.04 bits per heavy atom. The minimum absolute atomic E-state index is 0. The van der Waals surface area contributed by atoms with Crippen molar-refractivity contribution >= 4 is 47.2 Å². The van der Waals surface area contributed by atoms with Gasteiger partial charge in [-0.25, -0.2) is 9.98 Å². The molecular weight excluding hydrogens is 491 g/mol. The van der Waals surface area contributed by atoms with Crippen molar-refractivity contribution in [3.05, 3.63) is 16.1 Å². The first-order valence-corrected chi connectivity index (χ1v) is 10.5. The second kappa shape index (κ2) is 14.1. The van der Waals surface area contributed by atoms with E-state index in [4.69, 9.17) is 9.73 Å². The maximum absolute atomic E-state index is 11.9. The van der Waals surface area contributed by atoms with Crippen molar-refractivity contribution in [2.45, 2.75) is 26.8 Å². The van der Waals surface area contributed by atoms with Gasteiger partial charge >= 0.3 is 0 Å². The second-order valence-electron chi connectivity index (χ2n) is 6.36. The number of piperazine rings is 1. The van der Waals surface area contributed by atoms with E-state index in [-0.39, 0.29) is 29.9 Å². The average molecular weight is 524 g/mol. The van der Waals surface area contributed by atoms with Crippen LogP contribution in [0.3, 0.4) is 0 Å². The molecule has 2 heterocycles. The topological polar surface area (TPSA) is 82.1 Å². The van der Waals surface area contributed by atoms with Gasteiger partial charge in [-0.15, -0.1) is 35.3 Å². The summed E-state index contributed by atoms with van der Waals surface area (Å²) in [6, 6.07) is 0. The van der Waals surface area contributed by atoms with Gasteiger partial charge in [0, 0.05) is 51.8 Å². The summed E-state index contributed by atoms with van der Waals surface area (Å²) in [5.41, 5.74) is 1.03. The number of carbonyl (C=O) groups is 1. The van der Waals surface area contributed by atoms with Gasteiger partial charge in [-0.1, -0.05) is 6.92 Å². The Labute approximate surface area is 189 Å². The lowest BCUT2D eigenvalue weighted by Gasteiger charge is -2.36. The Bertz CT molecular complexity index is 605. The number of ether oxygens (including phenoxy) is 1. The Morgan fingerprint density at radius 1 is 1.29 bits per heavy atom. The molecule has 2 N–H and O–H groups in total. The Balaban J connectivity index is 0.00000392. The molecule has 8 nitrogen and oxygen atoms in total. The molecule has 2 rings (SSSR count). The molecule has 0 spiro atoms. The van der Waals surface area contributed by atoms with Gasteiger partial charge in [0.2, 0.25) is 5.91 Å². The van der Waals surface area contributed by atoms with Crippen molar-refractivity contribution in [3.63, 3.8) is 0 Å². The fourth-order valence-corrected chi connectivity index (χ4v) is 3.57. The molecule has 160 valence electrons. The maximum Gasteiger partial charge on any atom is 0.234 e. The minimum atomic E-state index is 0. The summed E-state index contributed by atoms with van der Waals surface area (Å²) in [4.78, 5) is 25.7. The summed E-state index contributed by atoms with van der Waals surface area (Å²) in [6.45, 7) is 10.6. The van der Waals surface area contributed by atoms with Gasteiger partial charge < -0.3 is 20.3 Å². The van der Waals surface area contributed by atoms with E-state index in [1.165, 1.54) is 0 Å². The number of hydrogen-bond acceptors (Lipinski definition) is 6. The molecule has 1 aliphatic heterocycles. The summed E-state index contributed by atoms with van der Waals surface area (Å²) in [5.74, 6) is 0.976. The fraction of sp³-hybridized carbons (Fsp3) is 0.722. The van der Waals surface area contributed by atoms with Crippen LogP contribution in [0, 0.1) is 0 Å². The highest BCUT2D eigenvalue weighted by atomic mass is 127. The number of aliphatic imine (C=N–C) groups is 1. The van der Waals surface area contributed by atoms with Crippen LogP contribution in [0.25, 0.3) is 0 Å². The third kappa shape index (κ3) is 8.58. The van der Waals surface area contributed by atoms with E-state index in [0.29, 0.717) is 26.2 Å². The molecule has 0 unspecified atom stereocenters. The number of aryl methyl sites for hydroxylation is 1. The van der Waals surface area contributed by atoms with Gasteiger partial charge in [0.25, 0.3) is 0 Å². The Kier molecular flexibility index (Phi) is 12.6. The summed E-state index contributed by atoms with van der Waals surface area (Å²) in [6.07, 6.45) is 0.968. The second-order valence-corrected chi connectivity index (χ2v) is 7.30. The van der Waals surface area contributed by atoms with E-state index in [1.54, 1.807) is 18.4 Å². The molecule has 0 saturated carbocycles. The zero-order valence-electron chi connectivity index (χ0n) is 17.1. The number of hydrogen-bond donors (Lipinski definition) is 2. The normalized spacial score (nSPS) is 15.2. The lowest BCUT2D eigenvalue weighted by atomic mass is 10.3. The van der Waals surface area contributed by atoms with Crippen LogP contribution >= 0.6 is 35.3 Å². The highest BCUT2D eigenvalue weighted by Crippen LogP contribution is 2.11. The number of carbonyl (C=O) groups excluding carboxylic acids is 1. The number of guanidine groups is 1. The minimum Gasteiger partial charge on any atom is -0.383 e. The van der Waals surface area contributed by atoms with Crippen LogP contribution < -0.4 is 10.6 Å². The van der Waals surface area contributed by atoms with Gasteiger partial charge in [-0.2, -0.15) is 0 Å². The zero-order valence-corrected chi connectivity index (χ0v) is 20.2. The van der Waals surface area contributed by atoms with E-state index in [0.717, 1.165) is 55.8 Å². The van der Waals surface area contributed by atoms with Crippen molar-refractivity contribution in [2.24, 2.45) is 4.99 Å². The van der Waals surface area contributed by atoms with Gasteiger partial charge in [-0.3, -0.25) is 9.69 Å². The number of rotatable bonds is 9. The summed E-state index contributed by atoms with van der Waals surface area (Å²) < 4.78 is 4.95.